The van der Waals surface area contributed by atoms with Crippen LogP contribution in [0.3, 0.4) is 0 Å². The zero-order valence-corrected chi connectivity index (χ0v) is 16.0. The zero-order chi connectivity index (χ0) is 19.5. The van der Waals surface area contributed by atoms with Crippen LogP contribution in [0.25, 0.3) is 11.4 Å². The molecular weight excluding hydrogens is 381 g/mol. The Morgan fingerprint density at radius 2 is 1.93 bits per heavy atom. The van der Waals surface area contributed by atoms with Crippen molar-refractivity contribution < 1.29 is 12.8 Å². The third-order valence-electron chi connectivity index (χ3n) is 5.45. The molecule has 3 aromatic rings. The van der Waals surface area contributed by atoms with E-state index in [9.17, 15) is 12.8 Å². The highest BCUT2D eigenvalue weighted by molar-refractivity contribution is 7.89. The summed E-state index contributed by atoms with van der Waals surface area (Å²) in [6.07, 6.45) is 6.79. The quantitative estimate of drug-likeness (QED) is 0.676. The highest BCUT2D eigenvalue weighted by Gasteiger charge is 2.48. The summed E-state index contributed by atoms with van der Waals surface area (Å²) in [5, 5.41) is 0.0687. The van der Waals surface area contributed by atoms with E-state index in [0.717, 1.165) is 29.7 Å². The third-order valence-corrected chi connectivity index (χ3v) is 7.30. The Kier molecular flexibility index (Phi) is 3.85. The molecule has 2 aromatic heterocycles. The molecule has 1 saturated heterocycles. The van der Waals surface area contributed by atoms with Crippen molar-refractivity contribution in [3.05, 3.63) is 60.1 Å². The second-order valence-electron chi connectivity index (χ2n) is 7.27. The van der Waals surface area contributed by atoms with Crippen molar-refractivity contribution in [2.24, 2.45) is 7.05 Å². The van der Waals surface area contributed by atoms with E-state index in [1.54, 1.807) is 34.2 Å². The molecule has 144 valence electrons. The van der Waals surface area contributed by atoms with E-state index >= 15 is 0 Å². The van der Waals surface area contributed by atoms with Crippen molar-refractivity contribution in [3.63, 3.8) is 0 Å². The minimum Gasteiger partial charge on any atom is -0.339 e. The summed E-state index contributed by atoms with van der Waals surface area (Å²) in [4.78, 5) is 13.1. The number of aromatic nitrogens is 4. The number of nitrogens with zero attached hydrogens (tertiary/aromatic N) is 5. The van der Waals surface area contributed by atoms with E-state index < -0.39 is 10.0 Å². The molecule has 28 heavy (non-hydrogen) atoms. The van der Waals surface area contributed by atoms with Crippen LogP contribution < -0.4 is 0 Å². The Morgan fingerprint density at radius 1 is 1.14 bits per heavy atom. The molecule has 9 heteroatoms. The number of rotatable bonds is 3. The Balaban J connectivity index is 1.53. The van der Waals surface area contributed by atoms with E-state index in [0.29, 0.717) is 12.2 Å². The van der Waals surface area contributed by atoms with E-state index in [4.69, 9.17) is 0 Å². The molecule has 0 aliphatic carbocycles. The van der Waals surface area contributed by atoms with Crippen LogP contribution in [-0.2, 0) is 23.5 Å². The maximum Gasteiger partial charge on any atom is 0.262 e. The van der Waals surface area contributed by atoms with Crippen LogP contribution in [0.4, 0.5) is 4.39 Å². The lowest BCUT2D eigenvalue weighted by molar-refractivity contribution is 0.299. The second kappa shape index (κ2) is 6.18. The topological polar surface area (TPSA) is 81.0 Å². The molecule has 2 unspecified atom stereocenters. The van der Waals surface area contributed by atoms with Gasteiger partial charge in [0.1, 0.15) is 5.82 Å². The minimum absolute atomic E-state index is 0.0687. The van der Waals surface area contributed by atoms with Gasteiger partial charge < -0.3 is 4.57 Å². The summed E-state index contributed by atoms with van der Waals surface area (Å²) in [5.74, 6) is 0.217. The first kappa shape index (κ1) is 17.4. The van der Waals surface area contributed by atoms with Crippen LogP contribution in [0.1, 0.15) is 30.1 Å². The minimum atomic E-state index is -3.68. The average Bonchev–Trinajstić information content (AvgIpc) is 3.26. The highest BCUT2D eigenvalue weighted by atomic mass is 32.2. The number of sulfonamides is 1. The number of imidazole rings is 1. The molecule has 2 aliphatic rings. The van der Waals surface area contributed by atoms with Gasteiger partial charge in [0, 0.05) is 43.0 Å². The van der Waals surface area contributed by atoms with Crippen LogP contribution in [0, 0.1) is 5.82 Å². The average molecular weight is 399 g/mol. The van der Waals surface area contributed by atoms with Crippen molar-refractivity contribution in [2.45, 2.75) is 36.4 Å². The molecule has 0 N–H and O–H groups in total. The summed E-state index contributed by atoms with van der Waals surface area (Å²) in [5.41, 5.74) is 2.45. The van der Waals surface area contributed by atoms with Crippen LogP contribution in [0.15, 0.2) is 48.0 Å². The molecule has 2 bridgehead atoms. The number of hydrogen-bond acceptors (Lipinski definition) is 5. The zero-order valence-electron chi connectivity index (χ0n) is 15.2. The summed E-state index contributed by atoms with van der Waals surface area (Å²) < 4.78 is 42.7. The molecule has 7 nitrogen and oxygen atoms in total. The fraction of sp³-hybridized carbons (Fsp3) is 0.316. The second-order valence-corrected chi connectivity index (χ2v) is 9.06. The molecule has 2 atom stereocenters. The van der Waals surface area contributed by atoms with Gasteiger partial charge in [0.05, 0.1) is 18.1 Å². The van der Waals surface area contributed by atoms with Crippen LogP contribution in [0.2, 0.25) is 0 Å². The van der Waals surface area contributed by atoms with E-state index in [1.807, 2.05) is 0 Å². The number of fused-ring (bicyclic) bond motifs is 4. The smallest absolute Gasteiger partial charge is 0.262 e. The van der Waals surface area contributed by atoms with Gasteiger partial charge in [-0.2, -0.15) is 4.31 Å². The summed E-state index contributed by atoms with van der Waals surface area (Å²) in [6, 6.07) is 5.63. The summed E-state index contributed by atoms with van der Waals surface area (Å²) in [6.45, 7) is 0. The van der Waals surface area contributed by atoms with Gasteiger partial charge in [0.2, 0.25) is 0 Å². The van der Waals surface area contributed by atoms with Gasteiger partial charge in [0.25, 0.3) is 10.0 Å². The number of halogens is 1. The van der Waals surface area contributed by atoms with E-state index in [-0.39, 0.29) is 22.9 Å². The van der Waals surface area contributed by atoms with Crippen LogP contribution in [0.5, 0.6) is 0 Å². The molecule has 0 amide bonds. The molecule has 0 radical (unpaired) electrons. The summed E-state index contributed by atoms with van der Waals surface area (Å²) >= 11 is 0. The lowest BCUT2D eigenvalue weighted by Crippen LogP contribution is -2.42. The number of aryl methyl sites for hydroxylation is 1. The van der Waals surface area contributed by atoms with Gasteiger partial charge in [-0.05, 0) is 37.1 Å². The molecule has 0 spiro atoms. The molecule has 1 fully saturated rings. The largest absolute Gasteiger partial charge is 0.339 e. The van der Waals surface area contributed by atoms with Crippen LogP contribution >= 0.6 is 0 Å². The first-order chi connectivity index (χ1) is 13.4. The van der Waals surface area contributed by atoms with Crippen molar-refractivity contribution in [2.75, 3.05) is 0 Å². The Bertz CT molecular complexity index is 1160. The fourth-order valence-electron chi connectivity index (χ4n) is 4.17. The number of hydrogen-bond donors (Lipinski definition) is 0. The maximum atomic E-state index is 13.2. The van der Waals surface area contributed by atoms with Gasteiger partial charge in [0.15, 0.2) is 10.9 Å². The Hall–Kier alpha value is -2.65. The molecule has 4 heterocycles. The lowest BCUT2D eigenvalue weighted by Gasteiger charge is -2.34. The molecular formula is C19H18FN5O2S. The predicted octanol–water partition coefficient (Wildman–Crippen LogP) is 2.47. The van der Waals surface area contributed by atoms with Gasteiger partial charge in [-0.3, -0.25) is 0 Å². The molecule has 1 aromatic carbocycles. The third kappa shape index (κ3) is 2.65. The first-order valence-corrected chi connectivity index (χ1v) is 10.5. The van der Waals surface area contributed by atoms with Crippen molar-refractivity contribution >= 4 is 10.0 Å². The van der Waals surface area contributed by atoms with E-state index in [1.165, 1.54) is 24.7 Å². The predicted molar refractivity (Wildman–Crippen MR) is 99.1 cm³/mol. The fourth-order valence-corrected chi connectivity index (χ4v) is 5.99. The van der Waals surface area contributed by atoms with Gasteiger partial charge in [-0.1, -0.05) is 0 Å². The molecule has 2 aliphatic heterocycles. The lowest BCUT2D eigenvalue weighted by atomic mass is 10.0. The maximum absolute atomic E-state index is 13.2. The van der Waals surface area contributed by atoms with Crippen molar-refractivity contribution in [1.29, 1.82) is 0 Å². The normalized spacial score (nSPS) is 21.6. The number of benzene rings is 1. The highest BCUT2D eigenvalue weighted by Crippen LogP contribution is 2.46. The monoisotopic (exact) mass is 399 g/mol. The van der Waals surface area contributed by atoms with Crippen LogP contribution in [-0.4, -0.2) is 38.3 Å². The standard InChI is InChI=1S/C19H18FN5O2S/c1-24-10-18(22-11-24)28(26,27)25-14-6-7-17(25)15-9-21-19(23-16(15)8-14)12-2-4-13(20)5-3-12/h2-5,9-11,14,17H,6-8H2,1H3. The Morgan fingerprint density at radius 3 is 2.64 bits per heavy atom. The van der Waals surface area contributed by atoms with E-state index in [2.05, 4.69) is 15.0 Å². The van der Waals surface area contributed by atoms with Gasteiger partial charge in [-0.15, -0.1) is 0 Å². The molecule has 5 rings (SSSR count). The van der Waals surface area contributed by atoms with Gasteiger partial charge in [-0.25, -0.2) is 27.8 Å². The first-order valence-electron chi connectivity index (χ1n) is 9.07. The summed E-state index contributed by atoms with van der Waals surface area (Å²) in [7, 11) is -1.94. The Labute approximate surface area is 161 Å². The van der Waals surface area contributed by atoms with Crippen molar-refractivity contribution in [1.82, 2.24) is 23.8 Å². The van der Waals surface area contributed by atoms with Gasteiger partial charge >= 0.3 is 0 Å². The van der Waals surface area contributed by atoms with Crippen molar-refractivity contribution in [3.8, 4) is 11.4 Å². The SMILES string of the molecule is Cn1cnc(S(=O)(=O)N2C3CCC2c2cnc(-c4ccc(F)cc4)nc2C3)c1. The molecule has 0 saturated carbocycles.